The number of ether oxygens (including phenoxy) is 1. The van der Waals surface area contributed by atoms with E-state index >= 15 is 0 Å². The van der Waals surface area contributed by atoms with Crippen molar-refractivity contribution in [1.82, 2.24) is 0 Å². The van der Waals surface area contributed by atoms with Gasteiger partial charge in [0, 0.05) is 18.8 Å². The molecule has 2 nitrogen and oxygen atoms in total. The van der Waals surface area contributed by atoms with E-state index in [1.165, 1.54) is 12.1 Å². The summed E-state index contributed by atoms with van der Waals surface area (Å²) in [6, 6.07) is 3.55. The molecule has 1 aliphatic heterocycles. The average molecular weight is 246 g/mol. The van der Waals surface area contributed by atoms with Gasteiger partial charge < -0.3 is 9.84 Å². The number of halogens is 3. The van der Waals surface area contributed by atoms with Gasteiger partial charge in [0.1, 0.15) is 5.75 Å². The highest BCUT2D eigenvalue weighted by molar-refractivity contribution is 5.43. The van der Waals surface area contributed by atoms with E-state index in [2.05, 4.69) is 0 Å². The van der Waals surface area contributed by atoms with Crippen LogP contribution in [0.25, 0.3) is 0 Å². The number of alkyl halides is 3. The molecule has 1 aromatic rings. The van der Waals surface area contributed by atoms with Gasteiger partial charge in [-0.15, -0.1) is 0 Å². The summed E-state index contributed by atoms with van der Waals surface area (Å²) >= 11 is 0. The molecule has 1 N–H and O–H groups in total. The third kappa shape index (κ3) is 2.54. The summed E-state index contributed by atoms with van der Waals surface area (Å²) < 4.78 is 43.6. The fourth-order valence-corrected chi connectivity index (χ4v) is 2.22. The number of hydrogen-bond acceptors (Lipinski definition) is 2. The van der Waals surface area contributed by atoms with Gasteiger partial charge in [-0.25, -0.2) is 0 Å². The Morgan fingerprint density at radius 1 is 1.18 bits per heavy atom. The van der Waals surface area contributed by atoms with E-state index in [0.717, 1.165) is 6.07 Å². The highest BCUT2D eigenvalue weighted by Gasteiger charge is 2.36. The molecule has 5 heteroatoms. The minimum Gasteiger partial charge on any atom is -0.508 e. The van der Waals surface area contributed by atoms with Gasteiger partial charge in [-0.3, -0.25) is 0 Å². The zero-order valence-corrected chi connectivity index (χ0v) is 9.13. The molecule has 1 aromatic carbocycles. The number of hydrogen-bond donors (Lipinski definition) is 1. The van der Waals surface area contributed by atoms with Crippen molar-refractivity contribution >= 4 is 0 Å². The SMILES string of the molecule is Oc1cccc(C(F)(F)F)c1C1CCOCC1. The Kier molecular flexibility index (Phi) is 3.28. The number of aromatic hydroxyl groups is 1. The molecule has 1 heterocycles. The second kappa shape index (κ2) is 4.56. The quantitative estimate of drug-likeness (QED) is 0.823. The average Bonchev–Trinajstić information content (AvgIpc) is 2.28. The molecule has 0 atom stereocenters. The lowest BCUT2D eigenvalue weighted by Crippen LogP contribution is -2.18. The smallest absolute Gasteiger partial charge is 0.416 e. The van der Waals surface area contributed by atoms with Crippen LogP contribution in [-0.4, -0.2) is 18.3 Å². The molecule has 0 spiro atoms. The second-order valence-electron chi connectivity index (χ2n) is 4.12. The summed E-state index contributed by atoms with van der Waals surface area (Å²) in [7, 11) is 0. The van der Waals surface area contributed by atoms with Crippen LogP contribution in [-0.2, 0) is 10.9 Å². The summed E-state index contributed by atoms with van der Waals surface area (Å²) in [6.45, 7) is 0.882. The first-order valence-corrected chi connectivity index (χ1v) is 5.47. The van der Waals surface area contributed by atoms with Crippen LogP contribution in [0.1, 0.15) is 29.9 Å². The highest BCUT2D eigenvalue weighted by Crippen LogP contribution is 2.42. The molecule has 1 saturated heterocycles. The van der Waals surface area contributed by atoms with E-state index in [4.69, 9.17) is 4.74 Å². The second-order valence-corrected chi connectivity index (χ2v) is 4.12. The van der Waals surface area contributed by atoms with Gasteiger partial charge in [-0.1, -0.05) is 6.07 Å². The van der Waals surface area contributed by atoms with Crippen LogP contribution in [0.2, 0.25) is 0 Å². The van der Waals surface area contributed by atoms with Gasteiger partial charge in [0.25, 0.3) is 0 Å². The van der Waals surface area contributed by atoms with Crippen molar-refractivity contribution in [2.75, 3.05) is 13.2 Å². The summed E-state index contributed by atoms with van der Waals surface area (Å²) in [5.41, 5.74) is -0.715. The Morgan fingerprint density at radius 2 is 1.82 bits per heavy atom. The molecule has 1 fully saturated rings. The zero-order valence-electron chi connectivity index (χ0n) is 9.13. The van der Waals surface area contributed by atoms with Crippen LogP contribution >= 0.6 is 0 Å². The third-order valence-corrected chi connectivity index (χ3v) is 3.02. The van der Waals surface area contributed by atoms with Crippen LogP contribution in [0.3, 0.4) is 0 Å². The maximum Gasteiger partial charge on any atom is 0.416 e. The Labute approximate surface area is 97.0 Å². The monoisotopic (exact) mass is 246 g/mol. The maximum atomic E-state index is 12.8. The normalized spacial score (nSPS) is 18.3. The summed E-state index contributed by atoms with van der Waals surface area (Å²) in [5, 5.41) is 9.67. The molecule has 0 unspecified atom stereocenters. The minimum atomic E-state index is -4.42. The van der Waals surface area contributed by atoms with Crippen LogP contribution in [0.4, 0.5) is 13.2 Å². The largest absolute Gasteiger partial charge is 0.508 e. The summed E-state index contributed by atoms with van der Waals surface area (Å²) in [6.07, 6.45) is -3.40. The maximum absolute atomic E-state index is 12.8. The molecule has 0 saturated carbocycles. The van der Waals surface area contributed by atoms with E-state index in [0.29, 0.717) is 26.1 Å². The zero-order chi connectivity index (χ0) is 12.5. The van der Waals surface area contributed by atoms with Crippen LogP contribution in [0, 0.1) is 0 Å². The molecular weight excluding hydrogens is 233 g/mol. The fraction of sp³-hybridized carbons (Fsp3) is 0.500. The molecule has 17 heavy (non-hydrogen) atoms. The van der Waals surface area contributed by atoms with Crippen molar-refractivity contribution in [3.05, 3.63) is 29.3 Å². The van der Waals surface area contributed by atoms with Gasteiger partial charge in [-0.2, -0.15) is 13.2 Å². The Balaban J connectivity index is 2.43. The third-order valence-electron chi connectivity index (χ3n) is 3.02. The van der Waals surface area contributed by atoms with E-state index < -0.39 is 11.7 Å². The molecule has 0 bridgehead atoms. The molecule has 0 aliphatic carbocycles. The topological polar surface area (TPSA) is 29.5 Å². The van der Waals surface area contributed by atoms with Crippen molar-refractivity contribution in [1.29, 1.82) is 0 Å². The first kappa shape index (κ1) is 12.2. The van der Waals surface area contributed by atoms with Crippen LogP contribution in [0.15, 0.2) is 18.2 Å². The Hall–Kier alpha value is -1.23. The van der Waals surface area contributed by atoms with Crippen LogP contribution in [0.5, 0.6) is 5.75 Å². The first-order valence-electron chi connectivity index (χ1n) is 5.47. The van der Waals surface area contributed by atoms with Gasteiger partial charge in [0.2, 0.25) is 0 Å². The van der Waals surface area contributed by atoms with E-state index in [9.17, 15) is 18.3 Å². The predicted molar refractivity (Wildman–Crippen MR) is 55.9 cm³/mol. The first-order chi connectivity index (χ1) is 8.00. The molecule has 1 aliphatic rings. The van der Waals surface area contributed by atoms with Crippen molar-refractivity contribution in [2.24, 2.45) is 0 Å². The van der Waals surface area contributed by atoms with Crippen molar-refractivity contribution in [3.63, 3.8) is 0 Å². The lowest BCUT2D eigenvalue weighted by Gasteiger charge is -2.26. The Morgan fingerprint density at radius 3 is 2.41 bits per heavy atom. The molecular formula is C12H13F3O2. The molecule has 2 rings (SSSR count). The Bertz CT molecular complexity index is 395. The number of benzene rings is 1. The molecule has 0 radical (unpaired) electrons. The van der Waals surface area contributed by atoms with E-state index in [-0.39, 0.29) is 17.2 Å². The highest BCUT2D eigenvalue weighted by atomic mass is 19.4. The van der Waals surface area contributed by atoms with Crippen LogP contribution < -0.4 is 0 Å². The minimum absolute atomic E-state index is 0.0169. The van der Waals surface area contributed by atoms with Crippen molar-refractivity contribution in [2.45, 2.75) is 24.9 Å². The lowest BCUT2D eigenvalue weighted by molar-refractivity contribution is -0.138. The van der Waals surface area contributed by atoms with E-state index in [1.54, 1.807) is 0 Å². The number of rotatable bonds is 1. The van der Waals surface area contributed by atoms with Crippen molar-refractivity contribution in [3.8, 4) is 5.75 Å². The fourth-order valence-electron chi connectivity index (χ4n) is 2.22. The lowest BCUT2D eigenvalue weighted by atomic mass is 9.87. The summed E-state index contributed by atoms with van der Waals surface area (Å²) in [5.74, 6) is -0.548. The number of phenolic OH excluding ortho intramolecular Hbond substituents is 1. The van der Waals surface area contributed by atoms with Gasteiger partial charge >= 0.3 is 6.18 Å². The van der Waals surface area contributed by atoms with Gasteiger partial charge in [0.15, 0.2) is 0 Å². The van der Waals surface area contributed by atoms with Gasteiger partial charge in [-0.05, 0) is 30.9 Å². The molecule has 0 aromatic heterocycles. The number of phenols is 1. The van der Waals surface area contributed by atoms with Gasteiger partial charge in [0.05, 0.1) is 5.56 Å². The predicted octanol–water partition coefficient (Wildman–Crippen LogP) is 3.31. The van der Waals surface area contributed by atoms with E-state index in [1.807, 2.05) is 0 Å². The summed E-state index contributed by atoms with van der Waals surface area (Å²) in [4.78, 5) is 0. The molecule has 94 valence electrons. The standard InChI is InChI=1S/C12H13F3O2/c13-12(14,15)9-2-1-3-10(16)11(9)8-4-6-17-7-5-8/h1-3,8,16H,4-7H2. The molecule has 0 amide bonds. The van der Waals surface area contributed by atoms with Crippen molar-refractivity contribution < 1.29 is 23.0 Å².